The van der Waals surface area contributed by atoms with Crippen molar-refractivity contribution in [2.24, 2.45) is 5.92 Å². The summed E-state index contributed by atoms with van der Waals surface area (Å²) in [7, 11) is 0. The Morgan fingerprint density at radius 1 is 1.24 bits per heavy atom. The van der Waals surface area contributed by atoms with E-state index in [1.807, 2.05) is 35.9 Å². The zero-order valence-corrected chi connectivity index (χ0v) is 12.3. The fourth-order valence-corrected chi connectivity index (χ4v) is 3.38. The minimum atomic E-state index is 0.419. The number of nitrogens with zero attached hydrogens (tertiary/aromatic N) is 3. The molecule has 3 aromatic heterocycles. The topological polar surface area (TPSA) is 42.7 Å². The molecule has 0 amide bonds. The summed E-state index contributed by atoms with van der Waals surface area (Å²) in [6.45, 7) is 0. The molecule has 1 atom stereocenters. The number of nitrogens with one attached hydrogen (secondary N) is 1. The Kier molecular flexibility index (Phi) is 3.20. The maximum absolute atomic E-state index is 4.48. The van der Waals surface area contributed by atoms with Crippen LogP contribution in [0.4, 0.5) is 5.69 Å². The number of aromatic nitrogens is 3. The molecular formula is C16H16N4S. The Bertz CT molecular complexity index is 684. The van der Waals surface area contributed by atoms with Gasteiger partial charge in [0, 0.05) is 17.3 Å². The van der Waals surface area contributed by atoms with Gasteiger partial charge in [0.1, 0.15) is 0 Å². The fourth-order valence-electron chi connectivity index (χ4n) is 2.51. The van der Waals surface area contributed by atoms with Gasteiger partial charge in [-0.1, -0.05) is 6.07 Å². The third kappa shape index (κ3) is 2.69. The highest BCUT2D eigenvalue weighted by Crippen LogP contribution is 2.44. The van der Waals surface area contributed by atoms with Crippen LogP contribution in [0.2, 0.25) is 0 Å². The first-order valence-corrected chi connectivity index (χ1v) is 8.04. The van der Waals surface area contributed by atoms with Gasteiger partial charge in [0.25, 0.3) is 0 Å². The molecule has 21 heavy (non-hydrogen) atoms. The predicted molar refractivity (Wildman–Crippen MR) is 84.8 cm³/mol. The van der Waals surface area contributed by atoms with E-state index in [-0.39, 0.29) is 0 Å². The number of anilines is 1. The monoisotopic (exact) mass is 296 g/mol. The molecule has 0 aromatic carbocycles. The second kappa shape index (κ2) is 5.33. The molecule has 3 heterocycles. The van der Waals surface area contributed by atoms with E-state index in [2.05, 4.69) is 39.0 Å². The fraction of sp³-hybridized carbons (Fsp3) is 0.250. The molecule has 4 nitrogen and oxygen atoms in total. The number of pyridine rings is 1. The van der Waals surface area contributed by atoms with E-state index in [1.54, 1.807) is 10.9 Å². The van der Waals surface area contributed by atoms with E-state index in [0.717, 1.165) is 17.4 Å². The molecule has 1 aliphatic rings. The SMILES string of the molecule is c1csc(C(Nc2ccc(-n3cccn3)nc2)C2CC2)c1. The van der Waals surface area contributed by atoms with Crippen LogP contribution in [0, 0.1) is 5.92 Å². The molecule has 0 aliphatic heterocycles. The Morgan fingerprint density at radius 3 is 2.81 bits per heavy atom. The Balaban J connectivity index is 1.53. The number of rotatable bonds is 5. The quantitative estimate of drug-likeness (QED) is 0.776. The van der Waals surface area contributed by atoms with Crippen LogP contribution in [0.15, 0.2) is 54.3 Å². The first-order valence-electron chi connectivity index (χ1n) is 7.16. The molecule has 1 saturated carbocycles. The zero-order chi connectivity index (χ0) is 14.1. The number of thiophene rings is 1. The van der Waals surface area contributed by atoms with Crippen molar-refractivity contribution in [3.63, 3.8) is 0 Å². The van der Waals surface area contributed by atoms with E-state index in [0.29, 0.717) is 6.04 Å². The van der Waals surface area contributed by atoms with Crippen LogP contribution in [0.25, 0.3) is 5.82 Å². The summed E-state index contributed by atoms with van der Waals surface area (Å²) in [6, 6.07) is 10.7. The third-order valence-electron chi connectivity index (χ3n) is 3.75. The second-order valence-electron chi connectivity index (χ2n) is 5.33. The second-order valence-corrected chi connectivity index (χ2v) is 6.31. The summed E-state index contributed by atoms with van der Waals surface area (Å²) in [4.78, 5) is 5.89. The van der Waals surface area contributed by atoms with Crippen LogP contribution >= 0.6 is 11.3 Å². The van der Waals surface area contributed by atoms with E-state index < -0.39 is 0 Å². The summed E-state index contributed by atoms with van der Waals surface area (Å²) in [5.74, 6) is 1.60. The maximum Gasteiger partial charge on any atom is 0.153 e. The molecule has 1 unspecified atom stereocenters. The van der Waals surface area contributed by atoms with Crippen molar-refractivity contribution in [2.75, 3.05) is 5.32 Å². The molecular weight excluding hydrogens is 280 g/mol. The minimum absolute atomic E-state index is 0.419. The molecule has 0 spiro atoms. The molecule has 1 N–H and O–H groups in total. The van der Waals surface area contributed by atoms with Gasteiger partial charge in [-0.2, -0.15) is 5.10 Å². The lowest BCUT2D eigenvalue weighted by molar-refractivity contribution is 0.690. The Labute approximate surface area is 127 Å². The molecule has 5 heteroatoms. The van der Waals surface area contributed by atoms with E-state index in [1.165, 1.54) is 17.7 Å². The van der Waals surface area contributed by atoms with E-state index in [9.17, 15) is 0 Å². The lowest BCUT2D eigenvalue weighted by Crippen LogP contribution is -2.11. The molecule has 1 fully saturated rings. The van der Waals surface area contributed by atoms with Gasteiger partial charge in [-0.25, -0.2) is 9.67 Å². The zero-order valence-electron chi connectivity index (χ0n) is 11.5. The lowest BCUT2D eigenvalue weighted by atomic mass is 10.1. The van der Waals surface area contributed by atoms with Crippen molar-refractivity contribution in [1.29, 1.82) is 0 Å². The van der Waals surface area contributed by atoms with Crippen molar-refractivity contribution < 1.29 is 0 Å². The molecule has 4 rings (SSSR count). The standard InChI is InChI=1S/C16H16N4S/c1-3-14(21-10-1)16(12-4-5-12)19-13-6-7-15(17-11-13)20-9-2-8-18-20/h1-3,6-12,16,19H,4-5H2. The average Bonchev–Trinajstić information content (AvgIpc) is 3.01. The van der Waals surface area contributed by atoms with Gasteiger partial charge in [-0.05, 0) is 48.4 Å². The first kappa shape index (κ1) is 12.6. The molecule has 3 aromatic rings. The predicted octanol–water partition coefficient (Wildman–Crippen LogP) is 3.89. The normalized spacial score (nSPS) is 15.8. The molecule has 0 bridgehead atoms. The molecule has 0 radical (unpaired) electrons. The summed E-state index contributed by atoms with van der Waals surface area (Å²) < 4.78 is 1.77. The maximum atomic E-state index is 4.48. The smallest absolute Gasteiger partial charge is 0.153 e. The van der Waals surface area contributed by atoms with Gasteiger partial charge < -0.3 is 5.32 Å². The highest BCUT2D eigenvalue weighted by Gasteiger charge is 2.32. The lowest BCUT2D eigenvalue weighted by Gasteiger charge is -2.18. The van der Waals surface area contributed by atoms with Crippen molar-refractivity contribution >= 4 is 17.0 Å². The highest BCUT2D eigenvalue weighted by atomic mass is 32.1. The van der Waals surface area contributed by atoms with Crippen LogP contribution < -0.4 is 5.32 Å². The van der Waals surface area contributed by atoms with Gasteiger partial charge in [-0.15, -0.1) is 11.3 Å². The summed E-state index contributed by atoms with van der Waals surface area (Å²) in [5.41, 5.74) is 1.07. The Hall–Kier alpha value is -2.14. The van der Waals surface area contributed by atoms with E-state index >= 15 is 0 Å². The largest absolute Gasteiger partial charge is 0.376 e. The Morgan fingerprint density at radius 2 is 2.19 bits per heavy atom. The average molecular weight is 296 g/mol. The van der Waals surface area contributed by atoms with Gasteiger partial charge in [-0.3, -0.25) is 0 Å². The number of hydrogen-bond acceptors (Lipinski definition) is 4. The van der Waals surface area contributed by atoms with Crippen LogP contribution in [0.1, 0.15) is 23.8 Å². The van der Waals surface area contributed by atoms with Crippen molar-refractivity contribution in [1.82, 2.24) is 14.8 Å². The van der Waals surface area contributed by atoms with Gasteiger partial charge in [0.05, 0.1) is 17.9 Å². The van der Waals surface area contributed by atoms with Gasteiger partial charge in [0.15, 0.2) is 5.82 Å². The van der Waals surface area contributed by atoms with Gasteiger partial charge >= 0.3 is 0 Å². The van der Waals surface area contributed by atoms with Crippen molar-refractivity contribution in [3.8, 4) is 5.82 Å². The van der Waals surface area contributed by atoms with E-state index in [4.69, 9.17) is 0 Å². The van der Waals surface area contributed by atoms with Crippen LogP contribution in [-0.4, -0.2) is 14.8 Å². The van der Waals surface area contributed by atoms with Gasteiger partial charge in [0.2, 0.25) is 0 Å². The first-order chi connectivity index (χ1) is 10.4. The van der Waals surface area contributed by atoms with Crippen LogP contribution in [-0.2, 0) is 0 Å². The van der Waals surface area contributed by atoms with Crippen LogP contribution in [0.3, 0.4) is 0 Å². The molecule has 0 saturated heterocycles. The van der Waals surface area contributed by atoms with Crippen LogP contribution in [0.5, 0.6) is 0 Å². The third-order valence-corrected chi connectivity index (χ3v) is 4.71. The summed E-state index contributed by atoms with van der Waals surface area (Å²) in [6.07, 6.45) is 8.17. The van der Waals surface area contributed by atoms with Crippen molar-refractivity contribution in [3.05, 3.63) is 59.2 Å². The number of hydrogen-bond donors (Lipinski definition) is 1. The van der Waals surface area contributed by atoms with Crippen molar-refractivity contribution in [2.45, 2.75) is 18.9 Å². The molecule has 106 valence electrons. The summed E-state index contributed by atoms with van der Waals surface area (Å²) in [5, 5.41) is 9.97. The minimum Gasteiger partial charge on any atom is -0.376 e. The summed E-state index contributed by atoms with van der Waals surface area (Å²) >= 11 is 1.82. The highest BCUT2D eigenvalue weighted by molar-refractivity contribution is 7.10. The molecule has 1 aliphatic carbocycles.